The van der Waals surface area contributed by atoms with Crippen molar-refractivity contribution in [2.45, 2.75) is 38.1 Å². The number of fused-ring (bicyclic) bond motifs is 1. The number of nitrogens with two attached hydrogens (primary N) is 1. The Morgan fingerprint density at radius 1 is 1.48 bits per heavy atom. The van der Waals surface area contributed by atoms with Crippen LogP contribution in [0.15, 0.2) is 6.07 Å². The minimum atomic E-state index is 0.457. The van der Waals surface area contributed by atoms with E-state index in [1.165, 1.54) is 37.1 Å². The highest BCUT2D eigenvalue weighted by atomic mass is 32.1. The number of aromatic nitrogens is 1. The van der Waals surface area contributed by atoms with E-state index in [0.29, 0.717) is 11.0 Å². The average Bonchev–Trinajstić information content (AvgIpc) is 3.06. The molecule has 0 saturated carbocycles. The first-order valence-corrected chi connectivity index (χ1v) is 8.21. The molecule has 1 atom stereocenters. The van der Waals surface area contributed by atoms with Crippen LogP contribution in [0.25, 0.3) is 0 Å². The summed E-state index contributed by atoms with van der Waals surface area (Å²) in [5.74, 6) is 0.962. The van der Waals surface area contributed by atoms with Crippen LogP contribution in [-0.4, -0.2) is 48.1 Å². The first-order chi connectivity index (χ1) is 10.1. The number of aryl methyl sites for hydroxylation is 2. The van der Waals surface area contributed by atoms with Crippen LogP contribution >= 0.6 is 12.2 Å². The van der Waals surface area contributed by atoms with Crippen molar-refractivity contribution in [3.8, 4) is 0 Å². The van der Waals surface area contributed by atoms with E-state index in [-0.39, 0.29) is 0 Å². The van der Waals surface area contributed by atoms with Gasteiger partial charge in [-0.3, -0.25) is 0 Å². The Morgan fingerprint density at radius 2 is 2.29 bits per heavy atom. The molecule has 1 fully saturated rings. The minimum Gasteiger partial charge on any atom is -0.389 e. The fourth-order valence-electron chi connectivity index (χ4n) is 3.55. The molecule has 21 heavy (non-hydrogen) atoms. The van der Waals surface area contributed by atoms with Gasteiger partial charge < -0.3 is 15.5 Å². The molecule has 1 unspecified atom stereocenters. The zero-order valence-electron chi connectivity index (χ0n) is 12.9. The lowest BCUT2D eigenvalue weighted by atomic mass is 10.1. The van der Waals surface area contributed by atoms with Gasteiger partial charge in [0.05, 0.1) is 5.56 Å². The minimum absolute atomic E-state index is 0.457. The molecular weight excluding hydrogens is 280 g/mol. The number of hydrogen-bond acceptors (Lipinski definition) is 4. The zero-order chi connectivity index (χ0) is 15.0. The highest BCUT2D eigenvalue weighted by Crippen LogP contribution is 2.28. The third-order valence-electron chi connectivity index (χ3n) is 4.81. The Bertz CT molecular complexity index is 557. The van der Waals surface area contributed by atoms with Crippen molar-refractivity contribution in [1.29, 1.82) is 0 Å². The monoisotopic (exact) mass is 304 g/mol. The van der Waals surface area contributed by atoms with E-state index in [1.807, 2.05) is 0 Å². The molecular formula is C16H24N4S. The summed E-state index contributed by atoms with van der Waals surface area (Å²) < 4.78 is 0. The van der Waals surface area contributed by atoms with Crippen molar-refractivity contribution in [3.05, 3.63) is 22.9 Å². The number of nitrogens with zero attached hydrogens (tertiary/aromatic N) is 3. The molecule has 0 radical (unpaired) electrons. The Hall–Kier alpha value is -1.20. The number of pyridine rings is 1. The summed E-state index contributed by atoms with van der Waals surface area (Å²) in [6.07, 6.45) is 5.92. The van der Waals surface area contributed by atoms with E-state index >= 15 is 0 Å². The van der Waals surface area contributed by atoms with Crippen molar-refractivity contribution in [1.82, 2.24) is 9.88 Å². The van der Waals surface area contributed by atoms with Crippen LogP contribution in [0.5, 0.6) is 0 Å². The van der Waals surface area contributed by atoms with Gasteiger partial charge in [-0.1, -0.05) is 12.2 Å². The van der Waals surface area contributed by atoms with E-state index in [9.17, 15) is 0 Å². The van der Waals surface area contributed by atoms with Gasteiger partial charge in [-0.2, -0.15) is 0 Å². The molecule has 4 nitrogen and oxygen atoms in total. The first-order valence-electron chi connectivity index (χ1n) is 7.80. The normalized spacial score (nSPS) is 21.5. The van der Waals surface area contributed by atoms with Crippen LogP contribution in [0.4, 0.5) is 5.82 Å². The summed E-state index contributed by atoms with van der Waals surface area (Å²) in [4.78, 5) is 10.0. The van der Waals surface area contributed by atoms with Crippen molar-refractivity contribution in [2.75, 3.05) is 32.1 Å². The van der Waals surface area contributed by atoms with Crippen molar-refractivity contribution >= 4 is 23.0 Å². The second-order valence-electron chi connectivity index (χ2n) is 6.34. The van der Waals surface area contributed by atoms with Gasteiger partial charge in [-0.15, -0.1) is 0 Å². The maximum atomic E-state index is 5.94. The molecule has 0 amide bonds. The van der Waals surface area contributed by atoms with Crippen molar-refractivity contribution in [3.63, 3.8) is 0 Å². The second-order valence-corrected chi connectivity index (χ2v) is 6.78. The predicted octanol–water partition coefficient (Wildman–Crippen LogP) is 1.73. The van der Waals surface area contributed by atoms with Gasteiger partial charge in [0.2, 0.25) is 0 Å². The molecule has 1 aromatic rings. The van der Waals surface area contributed by atoms with Crippen LogP contribution in [-0.2, 0) is 12.8 Å². The lowest BCUT2D eigenvalue weighted by Gasteiger charge is -2.28. The van der Waals surface area contributed by atoms with E-state index in [4.69, 9.17) is 22.9 Å². The van der Waals surface area contributed by atoms with Crippen LogP contribution in [0.1, 0.15) is 36.1 Å². The van der Waals surface area contributed by atoms with Gasteiger partial charge in [0.25, 0.3) is 0 Å². The van der Waals surface area contributed by atoms with Crippen LogP contribution in [0.3, 0.4) is 0 Å². The van der Waals surface area contributed by atoms with Gasteiger partial charge in [0.1, 0.15) is 10.8 Å². The van der Waals surface area contributed by atoms with E-state index in [1.54, 1.807) is 0 Å². The number of rotatable bonds is 4. The number of likely N-dealkylation sites (tertiary alicyclic amines) is 1. The largest absolute Gasteiger partial charge is 0.389 e. The maximum Gasteiger partial charge on any atom is 0.138 e. The molecule has 0 spiro atoms. The predicted molar refractivity (Wildman–Crippen MR) is 91.1 cm³/mol. The van der Waals surface area contributed by atoms with Crippen molar-refractivity contribution < 1.29 is 0 Å². The van der Waals surface area contributed by atoms with E-state index in [2.05, 4.69) is 30.0 Å². The van der Waals surface area contributed by atoms with Gasteiger partial charge in [0.15, 0.2) is 0 Å². The molecule has 5 heteroatoms. The summed E-state index contributed by atoms with van der Waals surface area (Å²) in [7, 11) is 4.31. The standard InChI is InChI=1S/C16H24N4S/c1-19-8-4-6-12(19)10-20(2)16-13(15(17)21)9-11-5-3-7-14(11)18-16/h9,12H,3-8,10H2,1-2H3,(H2,17,21). The molecule has 114 valence electrons. The molecule has 1 aliphatic heterocycles. The van der Waals surface area contributed by atoms with Gasteiger partial charge in [-0.25, -0.2) is 4.98 Å². The topological polar surface area (TPSA) is 45.4 Å². The highest BCUT2D eigenvalue weighted by Gasteiger charge is 2.25. The molecule has 2 aliphatic rings. The smallest absolute Gasteiger partial charge is 0.138 e. The third kappa shape index (κ3) is 2.90. The molecule has 0 aromatic carbocycles. The zero-order valence-corrected chi connectivity index (χ0v) is 13.7. The van der Waals surface area contributed by atoms with Gasteiger partial charge >= 0.3 is 0 Å². The average molecular weight is 304 g/mol. The van der Waals surface area contributed by atoms with E-state index < -0.39 is 0 Å². The Kier molecular flexibility index (Phi) is 4.13. The van der Waals surface area contributed by atoms with Gasteiger partial charge in [0, 0.05) is 25.3 Å². The molecule has 0 bridgehead atoms. The van der Waals surface area contributed by atoms with Crippen molar-refractivity contribution in [2.24, 2.45) is 5.73 Å². The summed E-state index contributed by atoms with van der Waals surface area (Å²) in [5.41, 5.74) is 9.43. The lowest BCUT2D eigenvalue weighted by molar-refractivity contribution is 0.314. The molecule has 1 aromatic heterocycles. The summed E-state index contributed by atoms with van der Waals surface area (Å²) in [6.45, 7) is 2.18. The summed E-state index contributed by atoms with van der Waals surface area (Å²) in [6, 6.07) is 2.77. The molecule has 2 N–H and O–H groups in total. The fraction of sp³-hybridized carbons (Fsp3) is 0.625. The quantitative estimate of drug-likeness (QED) is 0.859. The second kappa shape index (κ2) is 5.89. The molecule has 1 saturated heterocycles. The number of likely N-dealkylation sites (N-methyl/N-ethyl adjacent to an activating group) is 2. The Labute approximate surface area is 132 Å². The number of thiocarbonyl (C=S) groups is 1. The number of anilines is 1. The SMILES string of the molecule is CN(CC1CCCN1C)c1nc2c(cc1C(N)=S)CCC2. The third-order valence-corrected chi connectivity index (χ3v) is 5.03. The van der Waals surface area contributed by atoms with E-state index in [0.717, 1.165) is 30.8 Å². The molecule has 3 rings (SSSR count). The first kappa shape index (κ1) is 14.7. The Morgan fingerprint density at radius 3 is 2.95 bits per heavy atom. The van der Waals surface area contributed by atoms with Gasteiger partial charge in [-0.05, 0) is 57.3 Å². The molecule has 1 aliphatic carbocycles. The van der Waals surface area contributed by atoms with Crippen LogP contribution in [0.2, 0.25) is 0 Å². The molecule has 2 heterocycles. The summed E-state index contributed by atoms with van der Waals surface area (Å²) in [5, 5.41) is 0. The summed E-state index contributed by atoms with van der Waals surface area (Å²) >= 11 is 5.25. The fourth-order valence-corrected chi connectivity index (χ4v) is 3.70. The Balaban J connectivity index is 1.87. The van der Waals surface area contributed by atoms with Crippen LogP contribution < -0.4 is 10.6 Å². The number of hydrogen-bond donors (Lipinski definition) is 1. The highest BCUT2D eigenvalue weighted by molar-refractivity contribution is 7.80. The maximum absolute atomic E-state index is 5.94. The lowest BCUT2D eigenvalue weighted by Crippen LogP contribution is -2.37. The van der Waals surface area contributed by atoms with Crippen LogP contribution in [0, 0.1) is 0 Å².